The van der Waals surface area contributed by atoms with E-state index in [2.05, 4.69) is 21.9 Å². The van der Waals surface area contributed by atoms with E-state index in [0.29, 0.717) is 31.1 Å². The standard InChI is InChI=1S/C24H30N4O3/c1-3-31-23-12-7-4-9-20(23)27-17-15-26(16-18-27)19-24(29)28(14-8-13-25)21-10-5-6-11-22(21)30-2/h4-7,9-12H,3,8,14-19H2,1-2H3. The van der Waals surface area contributed by atoms with E-state index in [1.54, 1.807) is 12.0 Å². The van der Waals surface area contributed by atoms with E-state index >= 15 is 0 Å². The molecule has 164 valence electrons. The van der Waals surface area contributed by atoms with Gasteiger partial charge >= 0.3 is 0 Å². The van der Waals surface area contributed by atoms with Crippen LogP contribution >= 0.6 is 0 Å². The monoisotopic (exact) mass is 422 g/mol. The molecule has 1 amide bonds. The maximum Gasteiger partial charge on any atom is 0.241 e. The van der Waals surface area contributed by atoms with E-state index in [1.807, 2.05) is 49.4 Å². The largest absolute Gasteiger partial charge is 0.495 e. The van der Waals surface area contributed by atoms with Gasteiger partial charge in [-0.2, -0.15) is 5.26 Å². The molecule has 2 aromatic carbocycles. The molecule has 0 atom stereocenters. The van der Waals surface area contributed by atoms with Crippen molar-refractivity contribution in [2.24, 2.45) is 0 Å². The summed E-state index contributed by atoms with van der Waals surface area (Å²) >= 11 is 0. The van der Waals surface area contributed by atoms with Gasteiger partial charge in [0.1, 0.15) is 11.5 Å². The Morgan fingerprint density at radius 3 is 2.42 bits per heavy atom. The van der Waals surface area contributed by atoms with Crippen LogP contribution in [0.5, 0.6) is 11.5 Å². The van der Waals surface area contributed by atoms with Crippen molar-refractivity contribution in [1.29, 1.82) is 5.26 Å². The molecule has 0 bridgehead atoms. The maximum absolute atomic E-state index is 13.2. The number of para-hydroxylation sites is 4. The van der Waals surface area contributed by atoms with E-state index in [-0.39, 0.29) is 12.3 Å². The van der Waals surface area contributed by atoms with Crippen molar-refractivity contribution in [1.82, 2.24) is 4.90 Å². The molecular formula is C24H30N4O3. The molecule has 2 aromatic rings. The molecule has 0 N–H and O–H groups in total. The van der Waals surface area contributed by atoms with Crippen LogP contribution in [0.3, 0.4) is 0 Å². The van der Waals surface area contributed by atoms with E-state index in [9.17, 15) is 4.79 Å². The summed E-state index contributed by atoms with van der Waals surface area (Å²) in [5, 5.41) is 9.04. The zero-order chi connectivity index (χ0) is 22.1. The van der Waals surface area contributed by atoms with Gasteiger partial charge in [0.05, 0.1) is 44.1 Å². The Hall–Kier alpha value is -3.24. The first kappa shape index (κ1) is 22.4. The first-order chi connectivity index (χ1) is 15.2. The highest BCUT2D eigenvalue weighted by Gasteiger charge is 2.25. The van der Waals surface area contributed by atoms with Gasteiger partial charge in [-0.25, -0.2) is 0 Å². The summed E-state index contributed by atoms with van der Waals surface area (Å²) in [5.41, 5.74) is 1.80. The predicted molar refractivity (Wildman–Crippen MR) is 122 cm³/mol. The summed E-state index contributed by atoms with van der Waals surface area (Å²) in [4.78, 5) is 19.3. The Bertz CT molecular complexity index is 904. The van der Waals surface area contributed by atoms with Gasteiger partial charge in [0, 0.05) is 32.7 Å². The summed E-state index contributed by atoms with van der Waals surface area (Å²) in [6, 6.07) is 17.6. The van der Waals surface area contributed by atoms with Crippen LogP contribution < -0.4 is 19.3 Å². The Morgan fingerprint density at radius 2 is 1.74 bits per heavy atom. The number of carbonyl (C=O) groups excluding carboxylic acids is 1. The topological polar surface area (TPSA) is 69.0 Å². The molecule has 1 saturated heterocycles. The normalized spacial score (nSPS) is 14.0. The second-order valence-corrected chi connectivity index (χ2v) is 7.29. The summed E-state index contributed by atoms with van der Waals surface area (Å²) in [6.07, 6.45) is 0.270. The summed E-state index contributed by atoms with van der Waals surface area (Å²) < 4.78 is 11.2. The molecule has 1 aliphatic heterocycles. The third-order valence-corrected chi connectivity index (χ3v) is 5.36. The minimum absolute atomic E-state index is 0.0251. The summed E-state index contributed by atoms with van der Waals surface area (Å²) in [6.45, 7) is 6.48. The lowest BCUT2D eigenvalue weighted by atomic mass is 10.2. The molecule has 0 unspecified atom stereocenters. The van der Waals surface area contributed by atoms with Crippen molar-refractivity contribution >= 4 is 17.3 Å². The number of hydrogen-bond acceptors (Lipinski definition) is 6. The zero-order valence-electron chi connectivity index (χ0n) is 18.3. The van der Waals surface area contributed by atoms with Gasteiger partial charge in [-0.15, -0.1) is 0 Å². The van der Waals surface area contributed by atoms with Crippen molar-refractivity contribution in [3.05, 3.63) is 48.5 Å². The first-order valence-corrected chi connectivity index (χ1v) is 10.7. The van der Waals surface area contributed by atoms with Crippen LogP contribution in [-0.2, 0) is 4.79 Å². The summed E-state index contributed by atoms with van der Waals surface area (Å²) in [5.74, 6) is 1.50. The van der Waals surface area contributed by atoms with Crippen molar-refractivity contribution in [3.63, 3.8) is 0 Å². The highest BCUT2D eigenvalue weighted by molar-refractivity contribution is 5.96. The highest BCUT2D eigenvalue weighted by Crippen LogP contribution is 2.30. The number of benzene rings is 2. The second kappa shape index (κ2) is 11.2. The zero-order valence-corrected chi connectivity index (χ0v) is 18.3. The molecule has 31 heavy (non-hydrogen) atoms. The Kier molecular flexibility index (Phi) is 8.13. The van der Waals surface area contributed by atoms with Gasteiger partial charge in [0.15, 0.2) is 0 Å². The first-order valence-electron chi connectivity index (χ1n) is 10.7. The Morgan fingerprint density at radius 1 is 1.06 bits per heavy atom. The number of anilines is 2. The number of hydrogen-bond donors (Lipinski definition) is 0. The van der Waals surface area contributed by atoms with Crippen LogP contribution in [0.1, 0.15) is 13.3 Å². The minimum Gasteiger partial charge on any atom is -0.495 e. The average Bonchev–Trinajstić information content (AvgIpc) is 2.81. The van der Waals surface area contributed by atoms with Gasteiger partial charge in [-0.05, 0) is 31.2 Å². The van der Waals surface area contributed by atoms with E-state index in [0.717, 1.165) is 37.6 Å². The quantitative estimate of drug-likeness (QED) is 0.618. The smallest absolute Gasteiger partial charge is 0.241 e. The molecule has 0 spiro atoms. The minimum atomic E-state index is -0.0251. The van der Waals surface area contributed by atoms with Crippen molar-refractivity contribution in [3.8, 4) is 17.6 Å². The number of rotatable bonds is 9. The lowest BCUT2D eigenvalue weighted by molar-refractivity contribution is -0.119. The Balaban J connectivity index is 1.64. The molecule has 3 rings (SSSR count). The number of amides is 1. The van der Waals surface area contributed by atoms with Crippen LogP contribution in [0.15, 0.2) is 48.5 Å². The highest BCUT2D eigenvalue weighted by atomic mass is 16.5. The molecule has 0 saturated carbocycles. The lowest BCUT2D eigenvalue weighted by Crippen LogP contribution is -2.50. The predicted octanol–water partition coefficient (Wildman–Crippen LogP) is 3.16. The molecule has 7 nitrogen and oxygen atoms in total. The fourth-order valence-corrected chi connectivity index (χ4v) is 3.81. The van der Waals surface area contributed by atoms with Crippen molar-refractivity contribution in [2.75, 3.05) is 62.8 Å². The fourth-order valence-electron chi connectivity index (χ4n) is 3.81. The lowest BCUT2D eigenvalue weighted by Gasteiger charge is -2.37. The molecule has 0 aliphatic carbocycles. The number of methoxy groups -OCH3 is 1. The van der Waals surface area contributed by atoms with Gasteiger partial charge in [0.25, 0.3) is 0 Å². The van der Waals surface area contributed by atoms with Crippen molar-refractivity contribution in [2.45, 2.75) is 13.3 Å². The van der Waals surface area contributed by atoms with Crippen LogP contribution in [0.4, 0.5) is 11.4 Å². The average molecular weight is 423 g/mol. The molecule has 0 aromatic heterocycles. The number of ether oxygens (including phenoxy) is 2. The van der Waals surface area contributed by atoms with Crippen LogP contribution in [-0.4, -0.2) is 63.8 Å². The third kappa shape index (κ3) is 5.68. The van der Waals surface area contributed by atoms with Crippen LogP contribution in [0.2, 0.25) is 0 Å². The fraction of sp³-hybridized carbons (Fsp3) is 0.417. The molecule has 1 fully saturated rings. The number of nitriles is 1. The third-order valence-electron chi connectivity index (χ3n) is 5.36. The van der Waals surface area contributed by atoms with Crippen LogP contribution in [0.25, 0.3) is 0 Å². The number of nitrogens with zero attached hydrogens (tertiary/aromatic N) is 4. The number of piperazine rings is 1. The second-order valence-electron chi connectivity index (χ2n) is 7.29. The van der Waals surface area contributed by atoms with Gasteiger partial charge in [0.2, 0.25) is 5.91 Å². The molecule has 1 heterocycles. The van der Waals surface area contributed by atoms with Gasteiger partial charge in [-0.3, -0.25) is 9.69 Å². The SMILES string of the molecule is CCOc1ccccc1N1CCN(CC(=O)N(CCC#N)c2ccccc2OC)CC1. The molecule has 7 heteroatoms. The molecule has 1 aliphatic rings. The Labute approximate surface area is 184 Å². The van der Waals surface area contributed by atoms with Crippen molar-refractivity contribution < 1.29 is 14.3 Å². The summed E-state index contributed by atoms with van der Waals surface area (Å²) in [7, 11) is 1.59. The van der Waals surface area contributed by atoms with E-state index in [4.69, 9.17) is 14.7 Å². The van der Waals surface area contributed by atoms with Crippen LogP contribution in [0, 0.1) is 11.3 Å². The molecule has 0 radical (unpaired) electrons. The maximum atomic E-state index is 13.2. The van der Waals surface area contributed by atoms with Gasteiger partial charge in [-0.1, -0.05) is 24.3 Å². The van der Waals surface area contributed by atoms with E-state index < -0.39 is 0 Å². The van der Waals surface area contributed by atoms with Gasteiger partial charge < -0.3 is 19.3 Å². The van der Waals surface area contributed by atoms with E-state index in [1.165, 1.54) is 0 Å². The number of carbonyl (C=O) groups is 1. The molecular weight excluding hydrogens is 392 g/mol.